The first-order chi connectivity index (χ1) is 9.97. The second-order valence-corrected chi connectivity index (χ2v) is 7.77. The minimum Gasteiger partial charge on any atom is -0.495 e. The fraction of sp³-hybridized carbons (Fsp3) is 0.308. The van der Waals surface area contributed by atoms with E-state index in [-0.39, 0.29) is 10.9 Å². The second kappa shape index (κ2) is 6.87. The maximum Gasteiger partial charge on any atom is 0.244 e. The number of ether oxygens (including phenoxy) is 1. The number of benzene rings is 1. The Bertz CT molecular complexity index is 702. The molecule has 0 saturated carbocycles. The van der Waals surface area contributed by atoms with Gasteiger partial charge in [0.05, 0.1) is 13.2 Å². The molecule has 2 rings (SSSR count). The highest BCUT2D eigenvalue weighted by molar-refractivity contribution is 9.10. The molecule has 21 heavy (non-hydrogen) atoms. The van der Waals surface area contributed by atoms with Crippen LogP contribution in [0, 0.1) is 0 Å². The van der Waals surface area contributed by atoms with Gasteiger partial charge in [0.1, 0.15) is 15.7 Å². The maximum absolute atomic E-state index is 12.6. The quantitative estimate of drug-likeness (QED) is 0.820. The fourth-order valence-electron chi connectivity index (χ4n) is 1.83. The zero-order chi connectivity index (χ0) is 15.5. The number of aromatic nitrogens is 1. The lowest BCUT2D eigenvalue weighted by atomic mass is 10.3. The Morgan fingerprint density at radius 3 is 2.81 bits per heavy atom. The Kier molecular flexibility index (Phi) is 5.37. The molecule has 1 aromatic heterocycles. The molecule has 1 N–H and O–H groups in total. The van der Waals surface area contributed by atoms with Crippen LogP contribution in [-0.2, 0) is 10.0 Å². The van der Waals surface area contributed by atoms with E-state index in [0.29, 0.717) is 16.6 Å². The summed E-state index contributed by atoms with van der Waals surface area (Å²) in [6, 6.07) is 4.52. The lowest BCUT2D eigenvalue weighted by Gasteiger charge is -2.16. The zero-order valence-corrected chi connectivity index (χ0v) is 14.8. The third kappa shape index (κ3) is 3.82. The summed E-state index contributed by atoms with van der Waals surface area (Å²) < 4.78 is 33.7. The average Bonchev–Trinajstić information content (AvgIpc) is 2.99. The Balaban J connectivity index is 2.36. The smallest absolute Gasteiger partial charge is 0.244 e. The van der Waals surface area contributed by atoms with Crippen LogP contribution < -0.4 is 9.46 Å². The molecule has 1 atom stereocenters. The predicted octanol–water partition coefficient (Wildman–Crippen LogP) is 3.34. The molecule has 1 unspecified atom stereocenters. The summed E-state index contributed by atoms with van der Waals surface area (Å²) in [6.45, 7) is 1.91. The number of methoxy groups -OCH3 is 1. The van der Waals surface area contributed by atoms with Crippen molar-refractivity contribution in [1.82, 2.24) is 9.71 Å². The van der Waals surface area contributed by atoms with Crippen LogP contribution in [0.2, 0.25) is 0 Å². The van der Waals surface area contributed by atoms with Crippen molar-refractivity contribution in [2.24, 2.45) is 0 Å². The number of hydrogen-bond acceptors (Lipinski definition) is 5. The minimum absolute atomic E-state index is 0.106. The molecule has 5 nitrogen and oxygen atoms in total. The van der Waals surface area contributed by atoms with Crippen molar-refractivity contribution in [3.8, 4) is 5.75 Å². The maximum atomic E-state index is 12.6. The molecule has 1 aromatic carbocycles. The van der Waals surface area contributed by atoms with Crippen LogP contribution in [0.1, 0.15) is 24.4 Å². The lowest BCUT2D eigenvalue weighted by molar-refractivity contribution is 0.401. The van der Waals surface area contributed by atoms with Crippen LogP contribution >= 0.6 is 27.3 Å². The lowest BCUT2D eigenvalue weighted by Crippen LogP contribution is -2.28. The van der Waals surface area contributed by atoms with Crippen LogP contribution in [-0.4, -0.2) is 20.5 Å². The zero-order valence-electron chi connectivity index (χ0n) is 11.5. The third-order valence-corrected chi connectivity index (χ3v) is 5.75. The largest absolute Gasteiger partial charge is 0.495 e. The first-order valence-electron chi connectivity index (χ1n) is 6.23. The van der Waals surface area contributed by atoms with E-state index in [9.17, 15) is 8.42 Å². The summed E-state index contributed by atoms with van der Waals surface area (Å²) >= 11 is 4.71. The molecule has 0 saturated heterocycles. The summed E-state index contributed by atoms with van der Waals surface area (Å²) in [5, 5.41) is 2.57. The summed E-state index contributed by atoms with van der Waals surface area (Å²) in [6.07, 6.45) is 2.28. The van der Waals surface area contributed by atoms with Gasteiger partial charge in [-0.3, -0.25) is 0 Å². The molecule has 0 radical (unpaired) electrons. The van der Waals surface area contributed by atoms with Crippen LogP contribution in [0.4, 0.5) is 0 Å². The van der Waals surface area contributed by atoms with Crippen molar-refractivity contribution in [2.75, 3.05) is 7.11 Å². The van der Waals surface area contributed by atoms with Gasteiger partial charge in [0.15, 0.2) is 0 Å². The predicted molar refractivity (Wildman–Crippen MR) is 86.2 cm³/mol. The highest BCUT2D eigenvalue weighted by Crippen LogP contribution is 2.29. The van der Waals surface area contributed by atoms with Crippen LogP contribution in [0.15, 0.2) is 39.1 Å². The molecule has 8 heteroatoms. The highest BCUT2D eigenvalue weighted by atomic mass is 79.9. The first kappa shape index (κ1) is 16.4. The molecule has 0 aliphatic rings. The van der Waals surface area contributed by atoms with Crippen LogP contribution in [0.5, 0.6) is 5.75 Å². The normalized spacial score (nSPS) is 13.1. The summed E-state index contributed by atoms with van der Waals surface area (Å²) in [5.41, 5.74) is 0. The van der Waals surface area contributed by atoms with E-state index in [2.05, 4.69) is 25.6 Å². The van der Waals surface area contributed by atoms with Gasteiger partial charge in [0.25, 0.3) is 0 Å². The van der Waals surface area contributed by atoms with E-state index in [1.165, 1.54) is 24.5 Å². The van der Waals surface area contributed by atoms with Gasteiger partial charge in [-0.2, -0.15) is 0 Å². The minimum atomic E-state index is -3.70. The van der Waals surface area contributed by atoms with Gasteiger partial charge in [-0.1, -0.05) is 22.9 Å². The Labute approximate surface area is 136 Å². The molecule has 0 bridgehead atoms. The van der Waals surface area contributed by atoms with Crippen molar-refractivity contribution in [3.05, 3.63) is 39.3 Å². The number of thiazole rings is 1. The number of halogens is 1. The molecular weight excluding hydrogens is 376 g/mol. The molecule has 0 aliphatic carbocycles. The van der Waals surface area contributed by atoms with Crippen molar-refractivity contribution in [3.63, 3.8) is 0 Å². The summed E-state index contributed by atoms with van der Waals surface area (Å²) in [5.74, 6) is 0.305. The summed E-state index contributed by atoms with van der Waals surface area (Å²) in [7, 11) is -2.26. The van der Waals surface area contributed by atoms with Gasteiger partial charge in [0.2, 0.25) is 10.0 Å². The van der Waals surface area contributed by atoms with E-state index < -0.39 is 10.0 Å². The van der Waals surface area contributed by atoms with Crippen molar-refractivity contribution < 1.29 is 13.2 Å². The van der Waals surface area contributed by atoms with Gasteiger partial charge in [-0.25, -0.2) is 18.1 Å². The number of rotatable bonds is 6. The standard InChI is InChI=1S/C13H15BrN2O3S2/c1-3-10(13-15-6-7-20-13)16-21(17,18)12-8-9(14)4-5-11(12)19-2/h4-8,10,16H,3H2,1-2H3. The van der Waals surface area contributed by atoms with Gasteiger partial charge in [0, 0.05) is 16.0 Å². The molecule has 0 fully saturated rings. The SMILES string of the molecule is CCC(NS(=O)(=O)c1cc(Br)ccc1OC)c1nccs1. The van der Waals surface area contributed by atoms with Gasteiger partial charge in [-0.05, 0) is 24.6 Å². The number of nitrogens with one attached hydrogen (secondary N) is 1. The van der Waals surface area contributed by atoms with Crippen molar-refractivity contribution in [1.29, 1.82) is 0 Å². The third-order valence-electron chi connectivity index (χ3n) is 2.87. The highest BCUT2D eigenvalue weighted by Gasteiger charge is 2.25. The van der Waals surface area contributed by atoms with E-state index in [1.54, 1.807) is 18.3 Å². The topological polar surface area (TPSA) is 68.3 Å². The van der Waals surface area contributed by atoms with E-state index >= 15 is 0 Å². The van der Waals surface area contributed by atoms with E-state index in [0.717, 1.165) is 5.01 Å². The van der Waals surface area contributed by atoms with E-state index in [4.69, 9.17) is 4.74 Å². The van der Waals surface area contributed by atoms with Gasteiger partial charge < -0.3 is 4.74 Å². The molecule has 0 spiro atoms. The number of hydrogen-bond donors (Lipinski definition) is 1. The molecule has 0 aliphatic heterocycles. The monoisotopic (exact) mass is 390 g/mol. The van der Waals surface area contributed by atoms with Crippen LogP contribution in [0.3, 0.4) is 0 Å². The molecule has 0 amide bonds. The number of sulfonamides is 1. The molecule has 1 heterocycles. The Morgan fingerprint density at radius 1 is 1.48 bits per heavy atom. The fourth-order valence-corrected chi connectivity index (χ4v) is 4.66. The molecule has 2 aromatic rings. The summed E-state index contributed by atoms with van der Waals surface area (Å²) in [4.78, 5) is 4.28. The molecule has 114 valence electrons. The Morgan fingerprint density at radius 2 is 2.24 bits per heavy atom. The Hall–Kier alpha value is -0.960. The van der Waals surface area contributed by atoms with E-state index in [1.807, 2.05) is 12.3 Å². The van der Waals surface area contributed by atoms with Gasteiger partial charge >= 0.3 is 0 Å². The van der Waals surface area contributed by atoms with Gasteiger partial charge in [-0.15, -0.1) is 11.3 Å². The van der Waals surface area contributed by atoms with Crippen molar-refractivity contribution >= 4 is 37.3 Å². The van der Waals surface area contributed by atoms with Crippen molar-refractivity contribution in [2.45, 2.75) is 24.3 Å². The second-order valence-electron chi connectivity index (χ2n) is 4.25. The number of nitrogens with zero attached hydrogens (tertiary/aromatic N) is 1. The van der Waals surface area contributed by atoms with Crippen LogP contribution in [0.25, 0.3) is 0 Å². The average molecular weight is 391 g/mol. The first-order valence-corrected chi connectivity index (χ1v) is 9.38. The molecular formula is C13H15BrN2O3S2.